The zero-order valence-corrected chi connectivity index (χ0v) is 12.8. The highest BCUT2D eigenvalue weighted by Crippen LogP contribution is 2.17. The molecule has 0 atom stereocenters. The second-order valence-corrected chi connectivity index (χ2v) is 5.07. The zero-order chi connectivity index (χ0) is 15.5. The van der Waals surface area contributed by atoms with Gasteiger partial charge in [-0.1, -0.05) is 68.7 Å². The van der Waals surface area contributed by atoms with Crippen LogP contribution in [-0.2, 0) is 11.3 Å². The molecule has 0 saturated carbocycles. The molecule has 0 aliphatic carbocycles. The molecule has 0 aromatic heterocycles. The third kappa shape index (κ3) is 6.41. The van der Waals surface area contributed by atoms with Crippen LogP contribution in [0.4, 0.5) is 0 Å². The van der Waals surface area contributed by atoms with Gasteiger partial charge >= 0.3 is 0 Å². The first-order valence-electron chi connectivity index (χ1n) is 7.64. The first-order chi connectivity index (χ1) is 10.2. The summed E-state index contributed by atoms with van der Waals surface area (Å²) in [6.07, 6.45) is 4.29. The van der Waals surface area contributed by atoms with Crippen molar-refractivity contribution in [1.82, 2.24) is 0 Å². The van der Waals surface area contributed by atoms with E-state index in [4.69, 9.17) is 0 Å². The second-order valence-electron chi connectivity index (χ2n) is 5.07. The van der Waals surface area contributed by atoms with E-state index in [1.807, 2.05) is 0 Å². The maximum Gasteiger partial charge on any atom is 0.100 e. The number of fused-ring (bicyclic) bond motifs is 1. The first-order valence-corrected chi connectivity index (χ1v) is 7.64. The van der Waals surface area contributed by atoms with Crippen molar-refractivity contribution in [2.45, 2.75) is 45.6 Å². The number of unbranched alkanes of at least 4 members (excludes halogenated alkanes) is 3. The largest absolute Gasteiger partial charge is 0.550 e. The normalized spacial score (nSPS) is 10.0. The second kappa shape index (κ2) is 9.94. The number of carbonyl (C=O) groups is 1. The summed E-state index contributed by atoms with van der Waals surface area (Å²) in [6, 6.07) is 14.8. The molecule has 21 heavy (non-hydrogen) atoms. The Morgan fingerprint density at radius 2 is 1.76 bits per heavy atom. The minimum atomic E-state index is -0.925. The highest BCUT2D eigenvalue weighted by molar-refractivity contribution is 5.85. The standard InChI is InChI=1S/C11H11N.C7H14O2/c12-8-10-6-3-5-9-4-1-2-7-11(9)10;1-2-3-4-5-6-7(8)9/h1-7H,8,12H2;2-6H2,1H3,(H,8,9). The molecule has 3 heteroatoms. The van der Waals surface area contributed by atoms with Crippen LogP contribution in [0.1, 0.15) is 44.6 Å². The van der Waals surface area contributed by atoms with E-state index in [-0.39, 0.29) is 6.42 Å². The fourth-order valence-corrected chi connectivity index (χ4v) is 2.21. The van der Waals surface area contributed by atoms with Gasteiger partial charge in [-0.05, 0) is 23.6 Å². The van der Waals surface area contributed by atoms with Crippen molar-refractivity contribution in [3.8, 4) is 0 Å². The van der Waals surface area contributed by atoms with Gasteiger partial charge in [0.15, 0.2) is 0 Å². The number of carbonyl (C=O) groups excluding carboxylic acids is 1. The fraction of sp³-hybridized carbons (Fsp3) is 0.389. The number of benzene rings is 2. The van der Waals surface area contributed by atoms with Crippen molar-refractivity contribution in [2.75, 3.05) is 0 Å². The van der Waals surface area contributed by atoms with Crippen LogP contribution >= 0.6 is 0 Å². The molecule has 0 radical (unpaired) electrons. The summed E-state index contributed by atoms with van der Waals surface area (Å²) < 4.78 is 0. The van der Waals surface area contributed by atoms with Crippen LogP contribution < -0.4 is 10.8 Å². The average Bonchev–Trinajstić information content (AvgIpc) is 2.51. The predicted octanol–water partition coefficient (Wildman–Crippen LogP) is 2.29. The lowest BCUT2D eigenvalue weighted by atomic mass is 10.1. The molecule has 3 N–H and O–H groups in total. The van der Waals surface area contributed by atoms with Crippen molar-refractivity contribution in [1.29, 1.82) is 0 Å². The van der Waals surface area contributed by atoms with Gasteiger partial charge in [0.05, 0.1) is 0 Å². The quantitative estimate of drug-likeness (QED) is 0.828. The Labute approximate surface area is 126 Å². The first kappa shape index (κ1) is 17.2. The molecule has 2 aromatic rings. The van der Waals surface area contributed by atoms with E-state index in [1.165, 1.54) is 16.3 Å². The lowest BCUT2D eigenvalue weighted by molar-refractivity contribution is -0.386. The van der Waals surface area contributed by atoms with Crippen molar-refractivity contribution in [3.63, 3.8) is 0 Å². The van der Waals surface area contributed by atoms with Crippen LogP contribution in [-0.4, -0.2) is 5.97 Å². The summed E-state index contributed by atoms with van der Waals surface area (Å²) in [6.45, 7) is 2.96. The Morgan fingerprint density at radius 3 is 2.43 bits per heavy atom. The Morgan fingerprint density at radius 1 is 1.05 bits per heavy atom. The number of aliphatic carboxylic acids is 1. The van der Waals surface area contributed by atoms with Gasteiger partial charge in [-0.25, -0.2) is 0 Å². The Kier molecular flexibility index (Phi) is 8.14. The van der Waals surface area contributed by atoms with Gasteiger partial charge in [-0.3, -0.25) is 0 Å². The summed E-state index contributed by atoms with van der Waals surface area (Å²) in [5.41, 5.74) is 5.23. The molecule has 2 rings (SSSR count). The number of hydrogen-bond acceptors (Lipinski definition) is 2. The Balaban J connectivity index is 0.000000222. The monoisotopic (exact) mass is 287 g/mol. The van der Waals surface area contributed by atoms with Crippen LogP contribution in [0.3, 0.4) is 0 Å². The highest BCUT2D eigenvalue weighted by atomic mass is 16.4. The molecule has 3 nitrogen and oxygen atoms in total. The number of hydrogen-bond donors (Lipinski definition) is 1. The lowest BCUT2D eigenvalue weighted by Gasteiger charge is -2.00. The molecule has 0 heterocycles. The van der Waals surface area contributed by atoms with E-state index in [9.17, 15) is 9.90 Å². The van der Waals surface area contributed by atoms with Crippen molar-refractivity contribution < 1.29 is 15.6 Å². The SMILES string of the molecule is CCCCCCC(=O)[O-].[NH3+]Cc1cccc2ccccc12. The lowest BCUT2D eigenvalue weighted by Crippen LogP contribution is -2.47. The highest BCUT2D eigenvalue weighted by Gasteiger charge is 1.97. The van der Waals surface area contributed by atoms with E-state index in [0.717, 1.165) is 32.2 Å². The molecular weight excluding hydrogens is 262 g/mol. The van der Waals surface area contributed by atoms with E-state index in [0.29, 0.717) is 0 Å². The molecule has 0 spiro atoms. The third-order valence-electron chi connectivity index (χ3n) is 3.38. The molecule has 0 fully saturated rings. The molecule has 0 aliphatic rings. The van der Waals surface area contributed by atoms with E-state index < -0.39 is 5.97 Å². The topological polar surface area (TPSA) is 67.8 Å². The number of rotatable bonds is 6. The molecule has 0 saturated heterocycles. The molecular formula is C18H25NO2. The molecule has 0 unspecified atom stereocenters. The van der Waals surface area contributed by atoms with Crippen molar-refractivity contribution >= 4 is 16.7 Å². The maximum atomic E-state index is 9.85. The molecule has 114 valence electrons. The number of carboxylic acid groups (broad SMARTS) is 1. The maximum absolute atomic E-state index is 9.85. The van der Waals surface area contributed by atoms with Crippen LogP contribution in [0.5, 0.6) is 0 Å². The summed E-state index contributed by atoms with van der Waals surface area (Å²) in [5, 5.41) is 12.5. The van der Waals surface area contributed by atoms with Gasteiger partial charge in [0.1, 0.15) is 6.54 Å². The predicted molar refractivity (Wildman–Crippen MR) is 84.3 cm³/mol. The van der Waals surface area contributed by atoms with Gasteiger partial charge < -0.3 is 15.6 Å². The Hall–Kier alpha value is -1.87. The van der Waals surface area contributed by atoms with Crippen LogP contribution in [0.15, 0.2) is 42.5 Å². The van der Waals surface area contributed by atoms with Crippen LogP contribution in [0.25, 0.3) is 10.8 Å². The van der Waals surface area contributed by atoms with Crippen molar-refractivity contribution in [3.05, 3.63) is 48.0 Å². The molecule has 0 amide bonds. The van der Waals surface area contributed by atoms with E-state index in [2.05, 4.69) is 55.1 Å². The van der Waals surface area contributed by atoms with E-state index >= 15 is 0 Å². The van der Waals surface area contributed by atoms with Gasteiger partial charge in [0.2, 0.25) is 0 Å². The third-order valence-corrected chi connectivity index (χ3v) is 3.38. The van der Waals surface area contributed by atoms with Crippen molar-refractivity contribution in [2.24, 2.45) is 0 Å². The molecule has 0 bridgehead atoms. The minimum Gasteiger partial charge on any atom is -0.550 e. The number of carboxylic acids is 1. The fourth-order valence-electron chi connectivity index (χ4n) is 2.21. The van der Waals surface area contributed by atoms with Crippen LogP contribution in [0.2, 0.25) is 0 Å². The number of quaternary nitrogens is 1. The summed E-state index contributed by atoms with van der Waals surface area (Å²) in [5.74, 6) is -0.925. The minimum absolute atomic E-state index is 0.222. The Bertz CT molecular complexity index is 546. The molecule has 0 aliphatic heterocycles. The van der Waals surface area contributed by atoms with Gasteiger partial charge in [0, 0.05) is 11.5 Å². The average molecular weight is 287 g/mol. The van der Waals surface area contributed by atoms with Crippen LogP contribution in [0, 0.1) is 0 Å². The summed E-state index contributed by atoms with van der Waals surface area (Å²) >= 11 is 0. The van der Waals surface area contributed by atoms with E-state index in [1.54, 1.807) is 0 Å². The smallest absolute Gasteiger partial charge is 0.100 e. The van der Waals surface area contributed by atoms with Gasteiger partial charge in [0.25, 0.3) is 0 Å². The van der Waals surface area contributed by atoms with Gasteiger partial charge in [-0.15, -0.1) is 0 Å². The zero-order valence-electron chi connectivity index (χ0n) is 12.8. The summed E-state index contributed by atoms with van der Waals surface area (Å²) in [4.78, 5) is 9.85. The molecule has 2 aromatic carbocycles. The summed E-state index contributed by atoms with van der Waals surface area (Å²) in [7, 11) is 0. The van der Waals surface area contributed by atoms with Gasteiger partial charge in [-0.2, -0.15) is 0 Å².